The maximum atomic E-state index is 14.1. The van der Waals surface area contributed by atoms with Gasteiger partial charge in [0.05, 0.1) is 12.5 Å². The summed E-state index contributed by atoms with van der Waals surface area (Å²) in [5, 5.41) is 0. The molecule has 2 N–H and O–H groups in total. The molecule has 1 saturated heterocycles. The molecule has 0 aliphatic carbocycles. The van der Waals surface area contributed by atoms with E-state index >= 15 is 0 Å². The van der Waals surface area contributed by atoms with Gasteiger partial charge in [0.25, 0.3) is 0 Å². The summed E-state index contributed by atoms with van der Waals surface area (Å²) in [5.41, 5.74) is 6.29. The van der Waals surface area contributed by atoms with Crippen LogP contribution in [0.2, 0.25) is 0 Å². The normalized spacial score (nSPS) is 18.9. The van der Waals surface area contributed by atoms with Crippen molar-refractivity contribution in [2.75, 3.05) is 6.54 Å². The first-order valence-corrected chi connectivity index (χ1v) is 10.8. The van der Waals surface area contributed by atoms with Gasteiger partial charge in [-0.25, -0.2) is 18.0 Å². The largest absolute Gasteiger partial charge is 0.437 e. The van der Waals surface area contributed by atoms with Crippen LogP contribution in [0.5, 0.6) is 0 Å². The van der Waals surface area contributed by atoms with Crippen molar-refractivity contribution < 1.29 is 27.5 Å². The van der Waals surface area contributed by atoms with E-state index in [0.717, 1.165) is 11.6 Å². The number of ether oxygens (including phenoxy) is 1. The Bertz CT molecular complexity index is 1210. The van der Waals surface area contributed by atoms with Crippen molar-refractivity contribution in [3.8, 4) is 11.1 Å². The van der Waals surface area contributed by atoms with E-state index in [4.69, 9.17) is 10.5 Å². The van der Waals surface area contributed by atoms with Gasteiger partial charge in [-0.3, -0.25) is 4.79 Å². The van der Waals surface area contributed by atoms with E-state index in [0.29, 0.717) is 11.1 Å². The Hall–Kier alpha value is -3.81. The van der Waals surface area contributed by atoms with Crippen molar-refractivity contribution >= 4 is 12.0 Å². The van der Waals surface area contributed by atoms with Crippen LogP contribution in [0.25, 0.3) is 11.1 Å². The lowest BCUT2D eigenvalue weighted by Gasteiger charge is -2.43. The zero-order valence-electron chi connectivity index (χ0n) is 18.4. The van der Waals surface area contributed by atoms with Gasteiger partial charge in [-0.05, 0) is 47.9 Å². The zero-order valence-corrected chi connectivity index (χ0v) is 18.4. The fourth-order valence-corrected chi connectivity index (χ4v) is 4.33. The summed E-state index contributed by atoms with van der Waals surface area (Å²) in [7, 11) is 0. The number of primary amides is 1. The third kappa shape index (κ3) is 4.62. The van der Waals surface area contributed by atoms with E-state index in [9.17, 15) is 22.8 Å². The number of amides is 2. The summed E-state index contributed by atoms with van der Waals surface area (Å²) in [5.74, 6) is -2.39. The maximum Gasteiger partial charge on any atom is 0.411 e. The maximum absolute atomic E-state index is 14.1. The first-order chi connectivity index (χ1) is 16.2. The molecular weight excluding hydrogens is 445 g/mol. The first kappa shape index (κ1) is 23.4. The van der Waals surface area contributed by atoms with Gasteiger partial charge in [-0.1, -0.05) is 36.4 Å². The molecule has 176 valence electrons. The molecule has 34 heavy (non-hydrogen) atoms. The van der Waals surface area contributed by atoms with Crippen molar-refractivity contribution in [2.45, 2.75) is 31.4 Å². The summed E-state index contributed by atoms with van der Waals surface area (Å²) in [6, 6.07) is 15.4. The van der Waals surface area contributed by atoms with E-state index < -0.39 is 35.1 Å². The molecule has 4 rings (SSSR count). The second kappa shape index (κ2) is 9.21. The fourth-order valence-electron chi connectivity index (χ4n) is 4.33. The highest BCUT2D eigenvalue weighted by Crippen LogP contribution is 2.39. The van der Waals surface area contributed by atoms with E-state index in [-0.39, 0.29) is 31.0 Å². The van der Waals surface area contributed by atoms with Gasteiger partial charge < -0.3 is 15.4 Å². The Labute approximate surface area is 194 Å². The van der Waals surface area contributed by atoms with Crippen LogP contribution >= 0.6 is 0 Å². The number of cyclic esters (lactones) is 1. The predicted octanol–water partition coefficient (Wildman–Crippen LogP) is 5.45. The third-order valence-corrected chi connectivity index (χ3v) is 6.21. The molecule has 0 saturated carbocycles. The number of carbonyl (C=O) groups is 2. The quantitative estimate of drug-likeness (QED) is 0.523. The minimum atomic E-state index is -1.27. The Morgan fingerprint density at radius 3 is 2.26 bits per heavy atom. The smallest absolute Gasteiger partial charge is 0.411 e. The number of benzene rings is 3. The predicted molar refractivity (Wildman–Crippen MR) is 120 cm³/mol. The highest BCUT2D eigenvalue weighted by Gasteiger charge is 2.44. The SMILES string of the molecule is C[C@@H](c1ccc(-c2ccc(F)cc2F)cc1)N1CCC(CC(N)=O)(c2ccc(F)cc2)OC1=O. The number of rotatable bonds is 6. The lowest BCUT2D eigenvalue weighted by Crippen LogP contribution is -2.50. The molecule has 0 bridgehead atoms. The zero-order chi connectivity index (χ0) is 24.5. The summed E-state index contributed by atoms with van der Waals surface area (Å²) < 4.78 is 46.5. The number of carbonyl (C=O) groups excluding carboxylic acids is 2. The third-order valence-electron chi connectivity index (χ3n) is 6.21. The number of hydrogen-bond donors (Lipinski definition) is 1. The molecule has 0 spiro atoms. The first-order valence-electron chi connectivity index (χ1n) is 10.8. The lowest BCUT2D eigenvalue weighted by atomic mass is 9.85. The molecule has 0 radical (unpaired) electrons. The van der Waals surface area contributed by atoms with Crippen LogP contribution in [0.3, 0.4) is 0 Å². The second-order valence-corrected chi connectivity index (χ2v) is 8.38. The molecule has 1 heterocycles. The van der Waals surface area contributed by atoms with Crippen molar-refractivity contribution in [1.29, 1.82) is 0 Å². The molecule has 1 fully saturated rings. The highest BCUT2D eigenvalue weighted by atomic mass is 19.1. The van der Waals surface area contributed by atoms with Crippen molar-refractivity contribution in [3.63, 3.8) is 0 Å². The highest BCUT2D eigenvalue weighted by molar-refractivity contribution is 5.77. The summed E-state index contributed by atoms with van der Waals surface area (Å²) in [6.07, 6.45) is -0.556. The van der Waals surface area contributed by atoms with Crippen LogP contribution in [-0.4, -0.2) is 23.4 Å². The molecule has 3 aromatic carbocycles. The minimum Gasteiger partial charge on any atom is -0.437 e. The molecule has 0 aromatic heterocycles. The van der Waals surface area contributed by atoms with Crippen molar-refractivity contribution in [3.05, 3.63) is 95.3 Å². The average molecular weight is 468 g/mol. The van der Waals surface area contributed by atoms with Crippen LogP contribution in [-0.2, 0) is 15.1 Å². The number of halogens is 3. The molecule has 2 atom stereocenters. The Morgan fingerprint density at radius 1 is 1.03 bits per heavy atom. The van der Waals surface area contributed by atoms with Crippen LogP contribution in [0.1, 0.15) is 36.9 Å². The van der Waals surface area contributed by atoms with Crippen LogP contribution in [0.4, 0.5) is 18.0 Å². The molecule has 5 nitrogen and oxygen atoms in total. The van der Waals surface area contributed by atoms with E-state index in [1.54, 1.807) is 24.3 Å². The van der Waals surface area contributed by atoms with E-state index in [2.05, 4.69) is 0 Å². The molecule has 1 aliphatic heterocycles. The summed E-state index contributed by atoms with van der Waals surface area (Å²) in [4.78, 5) is 26.3. The van der Waals surface area contributed by atoms with Crippen LogP contribution < -0.4 is 5.73 Å². The van der Waals surface area contributed by atoms with Gasteiger partial charge in [0.2, 0.25) is 5.91 Å². The van der Waals surface area contributed by atoms with Gasteiger partial charge in [-0.15, -0.1) is 0 Å². The van der Waals surface area contributed by atoms with Crippen LogP contribution in [0.15, 0.2) is 66.7 Å². The van der Waals surface area contributed by atoms with Gasteiger partial charge in [0.15, 0.2) is 0 Å². The summed E-state index contributed by atoms with van der Waals surface area (Å²) >= 11 is 0. The number of hydrogen-bond acceptors (Lipinski definition) is 3. The lowest BCUT2D eigenvalue weighted by molar-refractivity contribution is -0.127. The van der Waals surface area contributed by atoms with Crippen LogP contribution in [0, 0.1) is 17.5 Å². The Balaban J connectivity index is 1.54. The van der Waals surface area contributed by atoms with Gasteiger partial charge >= 0.3 is 6.09 Å². The Morgan fingerprint density at radius 2 is 1.68 bits per heavy atom. The van der Waals surface area contributed by atoms with Gasteiger partial charge in [0, 0.05) is 24.6 Å². The van der Waals surface area contributed by atoms with Crippen molar-refractivity contribution in [2.24, 2.45) is 5.73 Å². The standard InChI is InChI=1S/C26H23F3N2O3/c1-16(17-2-4-18(5-3-17)22-11-10-21(28)14-23(22)29)31-13-12-26(15-24(30)32,34-25(31)33)19-6-8-20(27)9-7-19/h2-11,14,16H,12-13,15H2,1H3,(H2,30,32)/t16-,26?/m0/s1. The van der Waals surface area contributed by atoms with E-state index in [1.165, 1.54) is 41.3 Å². The fraction of sp³-hybridized carbons (Fsp3) is 0.231. The van der Waals surface area contributed by atoms with Crippen molar-refractivity contribution in [1.82, 2.24) is 4.90 Å². The number of nitrogens with two attached hydrogens (primary N) is 1. The molecule has 3 aromatic rings. The number of nitrogens with zero attached hydrogens (tertiary/aromatic N) is 1. The topological polar surface area (TPSA) is 72.6 Å². The summed E-state index contributed by atoms with van der Waals surface area (Å²) in [6.45, 7) is 2.10. The molecule has 2 amide bonds. The monoisotopic (exact) mass is 468 g/mol. The average Bonchev–Trinajstić information content (AvgIpc) is 2.79. The molecule has 1 unspecified atom stereocenters. The minimum absolute atomic E-state index is 0.218. The van der Waals surface area contributed by atoms with Gasteiger partial charge in [-0.2, -0.15) is 0 Å². The molecular formula is C26H23F3N2O3. The molecule has 8 heteroatoms. The Kier molecular flexibility index (Phi) is 6.32. The van der Waals surface area contributed by atoms with Gasteiger partial charge in [0.1, 0.15) is 23.1 Å². The van der Waals surface area contributed by atoms with E-state index in [1.807, 2.05) is 6.92 Å². The molecule has 1 aliphatic rings. The second-order valence-electron chi connectivity index (χ2n) is 8.38.